The summed E-state index contributed by atoms with van der Waals surface area (Å²) in [5.74, 6) is -0.570. The zero-order valence-corrected chi connectivity index (χ0v) is 12.7. The van der Waals surface area contributed by atoms with Crippen LogP contribution in [0, 0.1) is 10.1 Å². The largest absolute Gasteiger partial charge is 0.418 e. The number of hydrogen-bond acceptors (Lipinski definition) is 10. The highest BCUT2D eigenvalue weighted by molar-refractivity contribution is 5.81. The number of aliphatic hydroxyl groups excluding tert-OH is 3. The van der Waals surface area contributed by atoms with Crippen molar-refractivity contribution in [1.29, 1.82) is 0 Å². The summed E-state index contributed by atoms with van der Waals surface area (Å²) in [6.07, 6.45) is -3.95. The molecule has 2 aromatic heterocycles. The van der Waals surface area contributed by atoms with Gasteiger partial charge < -0.3 is 30.2 Å². The highest BCUT2D eigenvalue weighted by Crippen LogP contribution is 2.37. The van der Waals surface area contributed by atoms with E-state index in [2.05, 4.69) is 15.4 Å². The van der Waals surface area contributed by atoms with E-state index < -0.39 is 47.4 Å². The first-order valence-corrected chi connectivity index (χ1v) is 7.58. The molecule has 0 amide bonds. The van der Waals surface area contributed by atoms with Gasteiger partial charge in [-0.3, -0.25) is 4.79 Å². The average molecular weight is 354 g/mol. The third-order valence-electron chi connectivity index (χ3n) is 4.34. The zero-order valence-electron chi connectivity index (χ0n) is 12.7. The molecule has 4 rings (SSSR count). The Kier molecular flexibility index (Phi) is 3.54. The number of hydrogen-bond donors (Lipinski definition) is 3. The molecule has 13 nitrogen and oxygen atoms in total. The first-order chi connectivity index (χ1) is 11.9. The Morgan fingerprint density at radius 2 is 2.00 bits per heavy atom. The lowest BCUT2D eigenvalue weighted by Crippen LogP contribution is -2.37. The van der Waals surface area contributed by atoms with Crippen LogP contribution in [-0.4, -0.2) is 69.9 Å². The van der Waals surface area contributed by atoms with E-state index in [0.29, 0.717) is 4.68 Å². The van der Waals surface area contributed by atoms with Crippen LogP contribution in [0.1, 0.15) is 25.1 Å². The Bertz CT molecular complexity index is 905. The molecule has 4 atom stereocenters. The van der Waals surface area contributed by atoms with Gasteiger partial charge in [0.05, 0.1) is 17.7 Å². The summed E-state index contributed by atoms with van der Waals surface area (Å²) in [6.45, 7) is -0.565. The Morgan fingerprint density at radius 3 is 2.56 bits per heavy atom. The number of nitrogens with zero attached hydrogens (tertiary/aromatic N) is 6. The fourth-order valence-corrected chi connectivity index (χ4v) is 2.90. The van der Waals surface area contributed by atoms with E-state index in [-0.39, 0.29) is 17.1 Å². The smallest absolute Gasteiger partial charge is 0.394 e. The molecule has 3 heterocycles. The Morgan fingerprint density at radius 1 is 1.28 bits per heavy atom. The molecule has 2 fully saturated rings. The number of aromatic nitrogens is 5. The van der Waals surface area contributed by atoms with E-state index in [9.17, 15) is 25.1 Å². The summed E-state index contributed by atoms with van der Waals surface area (Å²) in [4.78, 5) is 23.2. The second-order valence-corrected chi connectivity index (χ2v) is 6.02. The molecule has 134 valence electrons. The summed E-state index contributed by atoms with van der Waals surface area (Å²) < 4.78 is 7.22. The first kappa shape index (κ1) is 16.0. The van der Waals surface area contributed by atoms with Crippen LogP contribution < -0.4 is 5.56 Å². The normalized spacial score (nSPS) is 29.4. The van der Waals surface area contributed by atoms with Crippen molar-refractivity contribution in [3.8, 4) is 0 Å². The average Bonchev–Trinajstić information content (AvgIpc) is 3.29. The molecule has 2 aliphatic rings. The molecule has 4 unspecified atom stereocenters. The van der Waals surface area contributed by atoms with Crippen molar-refractivity contribution in [3.05, 3.63) is 20.5 Å². The number of nitro groups is 1. The van der Waals surface area contributed by atoms with Crippen molar-refractivity contribution in [3.63, 3.8) is 0 Å². The van der Waals surface area contributed by atoms with E-state index >= 15 is 0 Å². The van der Waals surface area contributed by atoms with Gasteiger partial charge in [0.25, 0.3) is 0 Å². The maximum absolute atomic E-state index is 12.8. The van der Waals surface area contributed by atoms with Crippen molar-refractivity contribution < 1.29 is 25.0 Å². The van der Waals surface area contributed by atoms with Crippen molar-refractivity contribution in [2.24, 2.45) is 0 Å². The molecule has 0 bridgehead atoms. The number of fused-ring (bicyclic) bond motifs is 1. The van der Waals surface area contributed by atoms with Crippen LogP contribution in [0.4, 0.5) is 5.82 Å². The zero-order chi connectivity index (χ0) is 17.9. The second kappa shape index (κ2) is 5.52. The summed E-state index contributed by atoms with van der Waals surface area (Å²) in [6, 6.07) is -0.133. The SMILES string of the molecule is O=c1c2c(nnn1C1OC(CO)C(O)C1O)c([N+](=O)[O-])nn2C1CC1. The topological polar surface area (TPSA) is 179 Å². The second-order valence-electron chi connectivity index (χ2n) is 6.02. The van der Waals surface area contributed by atoms with Crippen LogP contribution in [-0.2, 0) is 4.74 Å². The molecular formula is C12H14N6O7. The van der Waals surface area contributed by atoms with Crippen molar-refractivity contribution >= 4 is 16.9 Å². The fourth-order valence-electron chi connectivity index (χ4n) is 2.90. The molecule has 25 heavy (non-hydrogen) atoms. The Hall–Kier alpha value is -2.48. The molecule has 13 heteroatoms. The van der Waals surface area contributed by atoms with Crippen molar-refractivity contribution in [2.45, 2.75) is 43.4 Å². The van der Waals surface area contributed by atoms with Crippen LogP contribution in [0.3, 0.4) is 0 Å². The lowest BCUT2D eigenvalue weighted by Gasteiger charge is -2.15. The molecular weight excluding hydrogens is 340 g/mol. The minimum absolute atomic E-state index is 0.109. The molecule has 1 saturated heterocycles. The first-order valence-electron chi connectivity index (χ1n) is 7.58. The van der Waals surface area contributed by atoms with Gasteiger partial charge >= 0.3 is 11.4 Å². The standard InChI is InChI=1S/C12H14N6O7/c19-3-5-8(20)9(21)12(25-5)17-11(22)7-6(13-15-17)10(18(23)24)14-16(7)4-1-2-4/h4-5,8-9,12,19-21H,1-3H2. The minimum atomic E-state index is -1.52. The maximum atomic E-state index is 12.8. The van der Waals surface area contributed by atoms with Gasteiger partial charge in [0, 0.05) is 0 Å². The molecule has 3 N–H and O–H groups in total. The molecule has 1 aliphatic heterocycles. The van der Waals surface area contributed by atoms with Gasteiger partial charge in [-0.1, -0.05) is 5.21 Å². The molecule has 1 saturated carbocycles. The molecule has 2 aromatic rings. The summed E-state index contributed by atoms with van der Waals surface area (Å²) in [7, 11) is 0. The van der Waals surface area contributed by atoms with Crippen molar-refractivity contribution in [2.75, 3.05) is 6.61 Å². The van der Waals surface area contributed by atoms with E-state index in [1.54, 1.807) is 0 Å². The quantitative estimate of drug-likeness (QED) is 0.404. The van der Waals surface area contributed by atoms with E-state index in [4.69, 9.17) is 9.84 Å². The van der Waals surface area contributed by atoms with Crippen LogP contribution in [0.5, 0.6) is 0 Å². The molecule has 0 aromatic carbocycles. The highest BCUT2D eigenvalue weighted by Gasteiger charge is 2.45. The Balaban J connectivity index is 1.87. The van der Waals surface area contributed by atoms with Gasteiger partial charge in [-0.05, 0) is 17.8 Å². The summed E-state index contributed by atoms with van der Waals surface area (Å²) in [5.41, 5.74) is -1.14. The van der Waals surface area contributed by atoms with E-state index in [0.717, 1.165) is 12.8 Å². The van der Waals surface area contributed by atoms with Gasteiger partial charge in [0.15, 0.2) is 11.7 Å². The van der Waals surface area contributed by atoms with Gasteiger partial charge in [-0.15, -0.1) is 5.10 Å². The fraction of sp³-hybridized carbons (Fsp3) is 0.667. The lowest BCUT2D eigenvalue weighted by atomic mass is 10.1. The van der Waals surface area contributed by atoms with E-state index in [1.165, 1.54) is 4.68 Å². The van der Waals surface area contributed by atoms with Gasteiger partial charge in [-0.25, -0.2) is 0 Å². The lowest BCUT2D eigenvalue weighted by molar-refractivity contribution is -0.388. The third kappa shape index (κ3) is 2.31. The monoisotopic (exact) mass is 354 g/mol. The highest BCUT2D eigenvalue weighted by atomic mass is 16.6. The number of aliphatic hydroxyl groups is 3. The van der Waals surface area contributed by atoms with Crippen LogP contribution >= 0.6 is 0 Å². The summed E-state index contributed by atoms with van der Waals surface area (Å²) >= 11 is 0. The molecule has 0 radical (unpaired) electrons. The third-order valence-corrected chi connectivity index (χ3v) is 4.34. The number of rotatable bonds is 4. The van der Waals surface area contributed by atoms with Crippen LogP contribution in [0.2, 0.25) is 0 Å². The van der Waals surface area contributed by atoms with E-state index in [1.807, 2.05) is 0 Å². The predicted molar refractivity (Wildman–Crippen MR) is 77.5 cm³/mol. The maximum Gasteiger partial charge on any atom is 0.418 e. The molecule has 1 aliphatic carbocycles. The van der Waals surface area contributed by atoms with Crippen LogP contribution in [0.25, 0.3) is 11.0 Å². The van der Waals surface area contributed by atoms with Crippen molar-refractivity contribution in [1.82, 2.24) is 24.8 Å². The summed E-state index contributed by atoms with van der Waals surface area (Å²) in [5, 5.41) is 51.3. The predicted octanol–water partition coefficient (Wildman–Crippen LogP) is -2.16. The van der Waals surface area contributed by atoms with Crippen LogP contribution in [0.15, 0.2) is 4.79 Å². The number of ether oxygens (including phenoxy) is 1. The van der Waals surface area contributed by atoms with Gasteiger partial charge in [-0.2, -0.15) is 9.36 Å². The van der Waals surface area contributed by atoms with Gasteiger partial charge in [0.2, 0.25) is 5.52 Å². The minimum Gasteiger partial charge on any atom is -0.394 e. The van der Waals surface area contributed by atoms with Gasteiger partial charge in [0.1, 0.15) is 18.3 Å². The Labute approximate surface area is 138 Å². The molecule has 0 spiro atoms.